The Morgan fingerprint density at radius 2 is 2.06 bits per heavy atom. The molecule has 0 amide bonds. The Hall–Kier alpha value is -1.26. The number of halogens is 1. The van der Waals surface area contributed by atoms with Gasteiger partial charge < -0.3 is 15.3 Å². The quantitative estimate of drug-likeness (QED) is 0.735. The number of carboxylic acids is 1. The Kier molecular flexibility index (Phi) is 2.56. The van der Waals surface area contributed by atoms with Crippen molar-refractivity contribution in [2.24, 2.45) is 0 Å². The highest BCUT2D eigenvalue weighted by Gasteiger charge is 2.52. The lowest BCUT2D eigenvalue weighted by Crippen LogP contribution is -2.50. The average Bonchev–Trinajstić information content (AvgIpc) is 2.12. The van der Waals surface area contributed by atoms with E-state index in [9.17, 15) is 20.1 Å². The topological polar surface area (TPSA) is 77.8 Å². The summed E-state index contributed by atoms with van der Waals surface area (Å²) in [5.41, 5.74) is -0.858. The van der Waals surface area contributed by atoms with Gasteiger partial charge in [-0.05, 0) is 25.0 Å². The van der Waals surface area contributed by atoms with Crippen molar-refractivity contribution in [2.75, 3.05) is 0 Å². The first-order valence-electron chi connectivity index (χ1n) is 4.86. The van der Waals surface area contributed by atoms with Gasteiger partial charge in [-0.1, -0.05) is 17.7 Å². The van der Waals surface area contributed by atoms with Crippen molar-refractivity contribution in [1.29, 1.82) is 0 Å². The van der Waals surface area contributed by atoms with E-state index in [1.807, 2.05) is 0 Å². The number of aliphatic carboxylic acids is 1. The standard InChI is InChI=1S/C11H11ClO4/c12-6-1-2-8(9(14)3-6)11(10(15)16)4-7(13)5-11/h1-3,7,13-14H,4-5H2,(H,15,16). The minimum Gasteiger partial charge on any atom is -0.508 e. The van der Waals surface area contributed by atoms with Crippen LogP contribution in [0.15, 0.2) is 18.2 Å². The molecule has 0 atom stereocenters. The van der Waals surface area contributed by atoms with Crippen LogP contribution >= 0.6 is 11.6 Å². The van der Waals surface area contributed by atoms with Gasteiger partial charge in [-0.2, -0.15) is 0 Å². The number of aliphatic hydroxyl groups is 1. The first-order chi connectivity index (χ1) is 7.45. The maximum Gasteiger partial charge on any atom is 0.314 e. The van der Waals surface area contributed by atoms with Crippen molar-refractivity contribution >= 4 is 17.6 Å². The molecule has 0 radical (unpaired) electrons. The Bertz CT molecular complexity index is 438. The molecule has 0 aliphatic heterocycles. The molecule has 0 saturated heterocycles. The molecule has 1 aromatic rings. The van der Waals surface area contributed by atoms with Crippen LogP contribution in [0.2, 0.25) is 5.02 Å². The third-order valence-corrected chi connectivity index (χ3v) is 3.29. The van der Waals surface area contributed by atoms with Crippen molar-refractivity contribution in [1.82, 2.24) is 0 Å². The van der Waals surface area contributed by atoms with Gasteiger partial charge in [0.05, 0.1) is 6.10 Å². The zero-order valence-electron chi connectivity index (χ0n) is 8.35. The molecule has 86 valence electrons. The predicted molar refractivity (Wildman–Crippen MR) is 57.7 cm³/mol. The van der Waals surface area contributed by atoms with Gasteiger partial charge in [0.25, 0.3) is 0 Å². The van der Waals surface area contributed by atoms with Crippen molar-refractivity contribution in [3.05, 3.63) is 28.8 Å². The molecular weight excluding hydrogens is 232 g/mol. The van der Waals surface area contributed by atoms with E-state index in [2.05, 4.69) is 0 Å². The summed E-state index contributed by atoms with van der Waals surface area (Å²) in [6.07, 6.45) is -0.374. The lowest BCUT2D eigenvalue weighted by Gasteiger charge is -2.42. The Morgan fingerprint density at radius 1 is 1.44 bits per heavy atom. The minimum atomic E-state index is -1.17. The van der Waals surface area contributed by atoms with Crippen LogP contribution in [0.4, 0.5) is 0 Å². The SMILES string of the molecule is O=C(O)C1(c2ccc(Cl)cc2O)CC(O)C1. The van der Waals surface area contributed by atoms with Gasteiger partial charge in [0, 0.05) is 10.6 Å². The predicted octanol–water partition coefficient (Wildman–Crippen LogP) is 1.52. The van der Waals surface area contributed by atoms with E-state index < -0.39 is 17.5 Å². The number of benzene rings is 1. The summed E-state index contributed by atoms with van der Waals surface area (Å²) >= 11 is 5.68. The van der Waals surface area contributed by atoms with Gasteiger partial charge in [-0.15, -0.1) is 0 Å². The fraction of sp³-hybridized carbons (Fsp3) is 0.364. The molecule has 2 rings (SSSR count). The summed E-state index contributed by atoms with van der Waals surface area (Å²) in [4.78, 5) is 11.2. The lowest BCUT2D eigenvalue weighted by molar-refractivity contribution is -0.153. The van der Waals surface area contributed by atoms with Crippen LogP contribution in [0, 0.1) is 0 Å². The highest BCUT2D eigenvalue weighted by atomic mass is 35.5. The van der Waals surface area contributed by atoms with E-state index in [1.54, 1.807) is 0 Å². The molecule has 3 N–H and O–H groups in total. The number of hydrogen-bond donors (Lipinski definition) is 3. The van der Waals surface area contributed by atoms with Crippen molar-refractivity contribution in [2.45, 2.75) is 24.4 Å². The van der Waals surface area contributed by atoms with Gasteiger partial charge in [0.2, 0.25) is 0 Å². The minimum absolute atomic E-state index is 0.123. The van der Waals surface area contributed by atoms with E-state index in [1.165, 1.54) is 18.2 Å². The molecule has 4 nitrogen and oxygen atoms in total. The fourth-order valence-corrected chi connectivity index (χ4v) is 2.33. The zero-order chi connectivity index (χ0) is 11.9. The third kappa shape index (κ3) is 1.54. The number of carboxylic acid groups (broad SMARTS) is 1. The number of aromatic hydroxyl groups is 1. The van der Waals surface area contributed by atoms with Crippen LogP contribution in [-0.4, -0.2) is 27.4 Å². The maximum atomic E-state index is 11.2. The number of aliphatic hydroxyl groups excluding tert-OH is 1. The molecule has 1 fully saturated rings. The first kappa shape index (κ1) is 11.2. The van der Waals surface area contributed by atoms with Crippen LogP contribution in [-0.2, 0) is 10.2 Å². The summed E-state index contributed by atoms with van der Waals surface area (Å²) in [5.74, 6) is -1.17. The van der Waals surface area contributed by atoms with Gasteiger partial charge in [-0.3, -0.25) is 4.79 Å². The summed E-state index contributed by atoms with van der Waals surface area (Å²) in [6.45, 7) is 0. The van der Waals surface area contributed by atoms with Crippen molar-refractivity contribution in [3.8, 4) is 5.75 Å². The van der Waals surface area contributed by atoms with Crippen LogP contribution < -0.4 is 0 Å². The molecule has 0 heterocycles. The number of carbonyl (C=O) groups is 1. The van der Waals surface area contributed by atoms with Gasteiger partial charge in [0.1, 0.15) is 11.2 Å². The number of phenolic OH excluding ortho intramolecular Hbond substituents is 1. The van der Waals surface area contributed by atoms with Crippen molar-refractivity contribution in [3.63, 3.8) is 0 Å². The number of hydrogen-bond acceptors (Lipinski definition) is 3. The molecule has 1 aliphatic carbocycles. The molecule has 5 heteroatoms. The van der Waals surface area contributed by atoms with E-state index in [0.717, 1.165) is 0 Å². The van der Waals surface area contributed by atoms with E-state index >= 15 is 0 Å². The molecule has 0 aromatic heterocycles. The molecule has 1 saturated carbocycles. The molecule has 0 spiro atoms. The highest BCUT2D eigenvalue weighted by molar-refractivity contribution is 6.30. The lowest BCUT2D eigenvalue weighted by atomic mass is 9.62. The second kappa shape index (κ2) is 3.64. The third-order valence-electron chi connectivity index (χ3n) is 3.05. The summed E-state index contributed by atoms with van der Waals surface area (Å²) in [7, 11) is 0. The van der Waals surface area contributed by atoms with Gasteiger partial charge in [-0.25, -0.2) is 0 Å². The Morgan fingerprint density at radius 3 is 2.50 bits per heavy atom. The first-order valence-corrected chi connectivity index (χ1v) is 5.24. The smallest absolute Gasteiger partial charge is 0.314 e. The van der Waals surface area contributed by atoms with E-state index in [-0.39, 0.29) is 18.6 Å². The summed E-state index contributed by atoms with van der Waals surface area (Å²) in [5, 5.41) is 28.5. The second-order valence-corrected chi connectivity index (χ2v) is 4.55. The Balaban J connectivity index is 2.45. The van der Waals surface area contributed by atoms with Crippen LogP contribution in [0.25, 0.3) is 0 Å². The highest BCUT2D eigenvalue weighted by Crippen LogP contribution is 2.47. The second-order valence-electron chi connectivity index (χ2n) is 4.11. The van der Waals surface area contributed by atoms with Crippen molar-refractivity contribution < 1.29 is 20.1 Å². The molecule has 16 heavy (non-hydrogen) atoms. The molecule has 0 unspecified atom stereocenters. The average molecular weight is 243 g/mol. The van der Waals surface area contributed by atoms with Crippen LogP contribution in [0.5, 0.6) is 5.75 Å². The zero-order valence-corrected chi connectivity index (χ0v) is 9.11. The van der Waals surface area contributed by atoms with E-state index in [0.29, 0.717) is 10.6 Å². The number of rotatable bonds is 2. The largest absolute Gasteiger partial charge is 0.508 e. The molecule has 1 aliphatic rings. The van der Waals surface area contributed by atoms with Crippen LogP contribution in [0.1, 0.15) is 18.4 Å². The fourth-order valence-electron chi connectivity index (χ4n) is 2.16. The monoisotopic (exact) mass is 242 g/mol. The maximum absolute atomic E-state index is 11.2. The molecule has 1 aromatic carbocycles. The van der Waals surface area contributed by atoms with Gasteiger partial charge >= 0.3 is 5.97 Å². The number of phenols is 1. The molecular formula is C11H11ClO4. The van der Waals surface area contributed by atoms with Crippen LogP contribution in [0.3, 0.4) is 0 Å². The molecule has 0 bridgehead atoms. The summed E-state index contributed by atoms with van der Waals surface area (Å²) < 4.78 is 0. The van der Waals surface area contributed by atoms with E-state index in [4.69, 9.17) is 11.6 Å². The normalized spacial score (nSPS) is 28.5. The summed E-state index contributed by atoms with van der Waals surface area (Å²) in [6, 6.07) is 4.34. The Labute approximate surface area is 97.1 Å². The van der Waals surface area contributed by atoms with Gasteiger partial charge in [0.15, 0.2) is 0 Å².